The molecule has 14 heavy (non-hydrogen) atoms. The van der Waals surface area contributed by atoms with Crippen molar-refractivity contribution in [2.24, 2.45) is 0 Å². The van der Waals surface area contributed by atoms with Crippen molar-refractivity contribution in [3.05, 3.63) is 23.9 Å². The molecule has 0 radical (unpaired) electrons. The van der Waals surface area contributed by atoms with Crippen LogP contribution in [-0.4, -0.2) is 25.3 Å². The fraction of sp³-hybridized carbons (Fsp3) is 0.545. The van der Waals surface area contributed by atoms with Crippen LogP contribution in [0.15, 0.2) is 18.3 Å². The highest BCUT2D eigenvalue weighted by atomic mass is 16.5. The summed E-state index contributed by atoms with van der Waals surface area (Å²) in [6.07, 6.45) is 1.78. The molecule has 0 saturated heterocycles. The van der Waals surface area contributed by atoms with E-state index in [1.165, 1.54) is 0 Å². The molecule has 3 nitrogen and oxygen atoms in total. The minimum atomic E-state index is 0.548. The number of aryl methyl sites for hydroxylation is 1. The zero-order valence-electron chi connectivity index (χ0n) is 9.41. The van der Waals surface area contributed by atoms with Gasteiger partial charge in [0.1, 0.15) is 6.61 Å². The molecule has 0 saturated carbocycles. The van der Waals surface area contributed by atoms with Gasteiger partial charge in [-0.3, -0.25) is 0 Å². The highest BCUT2D eigenvalue weighted by Crippen LogP contribution is 2.05. The van der Waals surface area contributed by atoms with E-state index < -0.39 is 0 Å². The van der Waals surface area contributed by atoms with Gasteiger partial charge in [0.15, 0.2) is 0 Å². The topological polar surface area (TPSA) is 31.4 Å². The molecule has 1 aromatic heterocycles. The molecule has 0 aliphatic carbocycles. The summed E-state index contributed by atoms with van der Waals surface area (Å²) >= 11 is 0. The van der Waals surface area contributed by atoms with Gasteiger partial charge >= 0.3 is 0 Å². The summed E-state index contributed by atoms with van der Waals surface area (Å²) in [5.74, 6) is 0.651. The van der Waals surface area contributed by atoms with Crippen molar-refractivity contribution in [1.29, 1.82) is 0 Å². The highest BCUT2D eigenvalue weighted by Gasteiger charge is 1.92. The first-order chi connectivity index (χ1) is 6.83. The quantitative estimate of drug-likeness (QED) is 0.695. The molecule has 3 heteroatoms. The molecule has 0 unspecified atom stereocenters. The van der Waals surface area contributed by atoms with E-state index in [-0.39, 0.29) is 0 Å². The van der Waals surface area contributed by atoms with E-state index in [0.29, 0.717) is 19.1 Å². The molecule has 0 fully saturated rings. The zero-order valence-corrected chi connectivity index (χ0v) is 9.41. The molecule has 0 amide bonds. The monoisotopic (exact) mass is 197 g/mol. The van der Waals surface area contributed by atoms with Crippen LogP contribution >= 0.6 is 0 Å². The second-order valence-electron chi connectivity index (χ2n) is 2.52. The Kier molecular flexibility index (Phi) is 7.84. The second-order valence-corrected chi connectivity index (χ2v) is 2.52. The molecule has 0 aliphatic rings. The van der Waals surface area contributed by atoms with E-state index in [1.807, 2.05) is 32.9 Å². The van der Waals surface area contributed by atoms with Gasteiger partial charge in [0, 0.05) is 19.4 Å². The largest absolute Gasteiger partial charge is 0.475 e. The van der Waals surface area contributed by atoms with Crippen LogP contribution in [0.5, 0.6) is 5.88 Å². The van der Waals surface area contributed by atoms with Crippen LogP contribution in [-0.2, 0) is 4.74 Å². The zero-order chi connectivity index (χ0) is 10.8. The normalized spacial score (nSPS) is 8.86. The number of rotatable bonds is 4. The molecule has 0 atom stereocenters. The summed E-state index contributed by atoms with van der Waals surface area (Å²) in [6, 6.07) is 3.82. The molecule has 1 aromatic rings. The Bertz CT molecular complexity index is 221. The van der Waals surface area contributed by atoms with Crippen molar-refractivity contribution in [3.8, 4) is 5.88 Å². The first kappa shape index (κ1) is 12.9. The van der Waals surface area contributed by atoms with Crippen LogP contribution in [0.3, 0.4) is 0 Å². The van der Waals surface area contributed by atoms with E-state index in [9.17, 15) is 0 Å². The summed E-state index contributed by atoms with van der Waals surface area (Å²) in [5.41, 5.74) is 1.13. The van der Waals surface area contributed by atoms with E-state index in [4.69, 9.17) is 9.47 Å². The lowest BCUT2D eigenvalue weighted by atomic mass is 10.3. The fourth-order valence-corrected chi connectivity index (χ4v) is 0.769. The molecule has 0 aliphatic heterocycles. The third kappa shape index (κ3) is 5.54. The van der Waals surface area contributed by atoms with Crippen LogP contribution in [0.25, 0.3) is 0 Å². The van der Waals surface area contributed by atoms with Gasteiger partial charge in [-0.1, -0.05) is 19.9 Å². The van der Waals surface area contributed by atoms with Crippen LogP contribution in [0.2, 0.25) is 0 Å². The predicted octanol–water partition coefficient (Wildman–Crippen LogP) is 2.44. The highest BCUT2D eigenvalue weighted by molar-refractivity contribution is 5.16. The fourth-order valence-electron chi connectivity index (χ4n) is 0.769. The minimum absolute atomic E-state index is 0.548. The summed E-state index contributed by atoms with van der Waals surface area (Å²) in [4.78, 5) is 4.07. The number of hydrogen-bond acceptors (Lipinski definition) is 3. The van der Waals surface area contributed by atoms with Crippen molar-refractivity contribution in [1.82, 2.24) is 4.98 Å². The standard InChI is InChI=1S/C9H13NO2.C2H6/c1-8-3-4-9(10-7-8)12-6-5-11-2;1-2/h3-4,7H,5-6H2,1-2H3;1-2H3. The number of nitrogens with zero attached hydrogens (tertiary/aromatic N) is 1. The van der Waals surface area contributed by atoms with Gasteiger partial charge in [-0.05, 0) is 12.5 Å². The number of pyridine rings is 1. The summed E-state index contributed by atoms with van der Waals surface area (Å²) in [7, 11) is 1.64. The Morgan fingerprint density at radius 1 is 1.21 bits per heavy atom. The SMILES string of the molecule is CC.COCCOc1ccc(C)cn1. The van der Waals surface area contributed by atoms with Gasteiger partial charge in [-0.15, -0.1) is 0 Å². The van der Waals surface area contributed by atoms with Crippen LogP contribution < -0.4 is 4.74 Å². The molecule has 0 aromatic carbocycles. The van der Waals surface area contributed by atoms with Gasteiger partial charge < -0.3 is 9.47 Å². The Morgan fingerprint density at radius 3 is 2.43 bits per heavy atom. The first-order valence-electron chi connectivity index (χ1n) is 4.87. The summed E-state index contributed by atoms with van der Waals surface area (Å²) in [6.45, 7) is 7.13. The smallest absolute Gasteiger partial charge is 0.213 e. The maximum atomic E-state index is 5.27. The lowest BCUT2D eigenvalue weighted by Crippen LogP contribution is -2.05. The van der Waals surface area contributed by atoms with Crippen LogP contribution in [0, 0.1) is 6.92 Å². The van der Waals surface area contributed by atoms with E-state index in [0.717, 1.165) is 5.56 Å². The van der Waals surface area contributed by atoms with Gasteiger partial charge in [0.25, 0.3) is 0 Å². The van der Waals surface area contributed by atoms with E-state index >= 15 is 0 Å². The van der Waals surface area contributed by atoms with Crippen LogP contribution in [0.4, 0.5) is 0 Å². The first-order valence-corrected chi connectivity index (χ1v) is 4.87. The lowest BCUT2D eigenvalue weighted by Gasteiger charge is -2.03. The van der Waals surface area contributed by atoms with Crippen molar-refractivity contribution in [2.45, 2.75) is 20.8 Å². The molecule has 0 N–H and O–H groups in total. The number of ether oxygens (including phenoxy) is 2. The number of hydrogen-bond donors (Lipinski definition) is 0. The van der Waals surface area contributed by atoms with Gasteiger partial charge in [-0.25, -0.2) is 4.98 Å². The molecule has 1 rings (SSSR count). The van der Waals surface area contributed by atoms with Crippen molar-refractivity contribution >= 4 is 0 Å². The Morgan fingerprint density at radius 2 is 1.93 bits per heavy atom. The molecule has 0 bridgehead atoms. The minimum Gasteiger partial charge on any atom is -0.475 e. The van der Waals surface area contributed by atoms with Gasteiger partial charge in [0.2, 0.25) is 5.88 Å². The number of methoxy groups -OCH3 is 1. The Balaban J connectivity index is 0.000000791. The van der Waals surface area contributed by atoms with Gasteiger partial charge in [0.05, 0.1) is 6.61 Å². The molecular weight excluding hydrogens is 178 g/mol. The third-order valence-corrected chi connectivity index (χ3v) is 1.42. The Labute approximate surface area is 86.1 Å². The Hall–Kier alpha value is -1.09. The maximum absolute atomic E-state index is 5.27. The van der Waals surface area contributed by atoms with E-state index in [2.05, 4.69) is 4.98 Å². The number of aromatic nitrogens is 1. The van der Waals surface area contributed by atoms with Gasteiger partial charge in [-0.2, -0.15) is 0 Å². The molecular formula is C11H19NO2. The average molecular weight is 197 g/mol. The second kappa shape index (κ2) is 8.51. The lowest BCUT2D eigenvalue weighted by molar-refractivity contribution is 0.143. The van der Waals surface area contributed by atoms with Crippen LogP contribution in [0.1, 0.15) is 19.4 Å². The van der Waals surface area contributed by atoms with Crippen molar-refractivity contribution < 1.29 is 9.47 Å². The summed E-state index contributed by atoms with van der Waals surface area (Å²) in [5, 5.41) is 0. The van der Waals surface area contributed by atoms with Crippen molar-refractivity contribution in [3.63, 3.8) is 0 Å². The van der Waals surface area contributed by atoms with Crippen molar-refractivity contribution in [2.75, 3.05) is 20.3 Å². The third-order valence-electron chi connectivity index (χ3n) is 1.42. The van der Waals surface area contributed by atoms with E-state index in [1.54, 1.807) is 13.3 Å². The predicted molar refractivity (Wildman–Crippen MR) is 57.7 cm³/mol. The summed E-state index contributed by atoms with van der Waals surface area (Å²) < 4.78 is 10.1. The molecule has 1 heterocycles. The molecule has 0 spiro atoms. The molecule has 80 valence electrons. The maximum Gasteiger partial charge on any atom is 0.213 e. The average Bonchev–Trinajstić information content (AvgIpc) is 2.24.